The van der Waals surface area contributed by atoms with E-state index in [4.69, 9.17) is 4.74 Å². The van der Waals surface area contributed by atoms with Gasteiger partial charge in [0.2, 0.25) is 5.91 Å². The summed E-state index contributed by atoms with van der Waals surface area (Å²) in [6, 6.07) is 11.3. The van der Waals surface area contributed by atoms with Crippen molar-refractivity contribution in [3.8, 4) is 0 Å². The molecule has 1 aromatic carbocycles. The highest BCUT2D eigenvalue weighted by Crippen LogP contribution is 2.22. The van der Waals surface area contributed by atoms with Gasteiger partial charge in [0.25, 0.3) is 0 Å². The van der Waals surface area contributed by atoms with E-state index in [1.807, 2.05) is 48.7 Å². The molecule has 2 aromatic rings. The van der Waals surface area contributed by atoms with Crippen LogP contribution in [0.5, 0.6) is 0 Å². The molecule has 0 aliphatic carbocycles. The minimum absolute atomic E-state index is 0.105. The van der Waals surface area contributed by atoms with Crippen LogP contribution in [0.1, 0.15) is 28.5 Å². The van der Waals surface area contributed by atoms with Crippen LogP contribution in [0.25, 0.3) is 0 Å². The lowest BCUT2D eigenvalue weighted by Crippen LogP contribution is -2.31. The number of benzene rings is 1. The number of hydrogen-bond acceptors (Lipinski definition) is 4. The van der Waals surface area contributed by atoms with Crippen LogP contribution < -0.4 is 5.32 Å². The van der Waals surface area contributed by atoms with Gasteiger partial charge in [-0.1, -0.05) is 35.9 Å². The molecule has 1 heterocycles. The average Bonchev–Trinajstić information content (AvgIpc) is 3.03. The zero-order chi connectivity index (χ0) is 15.9. The fourth-order valence-corrected chi connectivity index (χ4v) is 2.88. The molecule has 0 aliphatic rings. The third kappa shape index (κ3) is 4.70. The molecule has 1 atom stereocenters. The highest BCUT2D eigenvalue weighted by Gasteiger charge is 2.19. The second-order valence-electron chi connectivity index (χ2n) is 5.08. The Kier molecular flexibility index (Phi) is 5.72. The Bertz CT molecular complexity index is 620. The quantitative estimate of drug-likeness (QED) is 0.833. The van der Waals surface area contributed by atoms with E-state index >= 15 is 0 Å². The van der Waals surface area contributed by atoms with Gasteiger partial charge in [-0.2, -0.15) is 0 Å². The summed E-state index contributed by atoms with van der Waals surface area (Å²) in [6.07, 6.45) is 0.431. The van der Waals surface area contributed by atoms with Crippen molar-refractivity contribution in [2.75, 3.05) is 7.11 Å². The number of nitrogens with one attached hydrogen (secondary N) is 1. The molecule has 1 amide bonds. The average molecular weight is 317 g/mol. The minimum atomic E-state index is -0.342. The van der Waals surface area contributed by atoms with E-state index in [-0.39, 0.29) is 24.3 Å². The Morgan fingerprint density at radius 2 is 1.95 bits per heavy atom. The monoisotopic (exact) mass is 317 g/mol. The number of methoxy groups -OCH3 is 1. The van der Waals surface area contributed by atoms with E-state index in [0.717, 1.165) is 16.0 Å². The van der Waals surface area contributed by atoms with Gasteiger partial charge >= 0.3 is 5.97 Å². The number of amides is 1. The number of aryl methyl sites for hydroxylation is 1. The summed E-state index contributed by atoms with van der Waals surface area (Å²) in [5.74, 6) is -0.444. The van der Waals surface area contributed by atoms with Crippen molar-refractivity contribution in [1.29, 1.82) is 0 Å². The molecule has 22 heavy (non-hydrogen) atoms. The molecule has 2 rings (SSSR count). The van der Waals surface area contributed by atoms with E-state index in [2.05, 4.69) is 5.32 Å². The van der Waals surface area contributed by atoms with Crippen molar-refractivity contribution in [1.82, 2.24) is 5.32 Å². The summed E-state index contributed by atoms with van der Waals surface area (Å²) in [6.45, 7) is 2.01. The van der Waals surface area contributed by atoms with Crippen molar-refractivity contribution in [3.63, 3.8) is 0 Å². The summed E-state index contributed by atoms with van der Waals surface area (Å²) in [7, 11) is 1.35. The maximum Gasteiger partial charge on any atom is 0.307 e. The van der Waals surface area contributed by atoms with Gasteiger partial charge in [-0.15, -0.1) is 11.3 Å². The Hall–Kier alpha value is -2.14. The molecular formula is C17H19NO3S. The van der Waals surface area contributed by atoms with Gasteiger partial charge in [0, 0.05) is 4.88 Å². The van der Waals surface area contributed by atoms with Crippen LogP contribution in [0, 0.1) is 6.92 Å². The maximum absolute atomic E-state index is 12.2. The molecule has 1 aromatic heterocycles. The zero-order valence-corrected chi connectivity index (χ0v) is 13.5. The van der Waals surface area contributed by atoms with E-state index in [0.29, 0.717) is 6.42 Å². The first-order valence-electron chi connectivity index (χ1n) is 7.03. The Labute approximate surface area is 134 Å². The molecule has 0 aliphatic heterocycles. The zero-order valence-electron chi connectivity index (χ0n) is 12.7. The Balaban J connectivity index is 2.01. The minimum Gasteiger partial charge on any atom is -0.469 e. The van der Waals surface area contributed by atoms with Gasteiger partial charge in [0.1, 0.15) is 0 Å². The number of esters is 1. The lowest BCUT2D eigenvalue weighted by molar-refractivity contribution is -0.141. The maximum atomic E-state index is 12.2. The molecule has 0 bridgehead atoms. The lowest BCUT2D eigenvalue weighted by Gasteiger charge is -2.16. The van der Waals surface area contributed by atoms with Gasteiger partial charge in [-0.25, -0.2) is 0 Å². The molecule has 1 N–H and O–H groups in total. The second-order valence-corrected chi connectivity index (χ2v) is 6.06. The molecule has 0 radical (unpaired) electrons. The van der Waals surface area contributed by atoms with Gasteiger partial charge in [-0.05, 0) is 23.9 Å². The van der Waals surface area contributed by atoms with Crippen molar-refractivity contribution in [3.05, 3.63) is 57.8 Å². The van der Waals surface area contributed by atoms with Gasteiger partial charge in [0.05, 0.1) is 26.0 Å². The molecule has 0 fully saturated rings. The van der Waals surface area contributed by atoms with E-state index in [1.54, 1.807) is 0 Å². The summed E-state index contributed by atoms with van der Waals surface area (Å²) in [5, 5.41) is 4.84. The van der Waals surface area contributed by atoms with E-state index < -0.39 is 0 Å². The standard InChI is InChI=1S/C17H19NO3S/c1-12-5-7-13(8-6-12)10-16(19)18-14(11-17(20)21-2)15-4-3-9-22-15/h3-9,14H,10-11H2,1-2H3,(H,18,19)/t14-/m0/s1. The van der Waals surface area contributed by atoms with Crippen molar-refractivity contribution in [2.45, 2.75) is 25.8 Å². The molecule has 0 spiro atoms. The Morgan fingerprint density at radius 3 is 2.55 bits per heavy atom. The molecule has 0 saturated heterocycles. The summed E-state index contributed by atoms with van der Waals surface area (Å²) < 4.78 is 4.71. The molecule has 0 saturated carbocycles. The fraction of sp³-hybridized carbons (Fsp3) is 0.294. The first-order valence-corrected chi connectivity index (χ1v) is 7.91. The Morgan fingerprint density at radius 1 is 1.23 bits per heavy atom. The molecule has 5 heteroatoms. The summed E-state index contributed by atoms with van der Waals surface area (Å²) in [5.41, 5.74) is 2.11. The van der Waals surface area contributed by atoms with Crippen LogP contribution >= 0.6 is 11.3 Å². The SMILES string of the molecule is COC(=O)C[C@H](NC(=O)Cc1ccc(C)cc1)c1cccs1. The third-order valence-corrected chi connectivity index (χ3v) is 4.29. The highest BCUT2D eigenvalue weighted by atomic mass is 32.1. The fourth-order valence-electron chi connectivity index (χ4n) is 2.10. The number of carbonyl (C=O) groups excluding carboxylic acids is 2. The molecular weight excluding hydrogens is 298 g/mol. The number of rotatable bonds is 6. The summed E-state index contributed by atoms with van der Waals surface area (Å²) >= 11 is 1.51. The topological polar surface area (TPSA) is 55.4 Å². The van der Waals surface area contributed by atoms with Crippen LogP contribution in [-0.4, -0.2) is 19.0 Å². The normalized spacial score (nSPS) is 11.7. The summed E-state index contributed by atoms with van der Waals surface area (Å²) in [4.78, 5) is 24.7. The van der Waals surface area contributed by atoms with Gasteiger partial charge in [0.15, 0.2) is 0 Å². The molecule has 116 valence electrons. The first-order chi connectivity index (χ1) is 10.6. The van der Waals surface area contributed by atoms with Crippen LogP contribution in [0.3, 0.4) is 0 Å². The first kappa shape index (κ1) is 16.2. The second kappa shape index (κ2) is 7.75. The van der Waals surface area contributed by atoms with E-state index in [9.17, 15) is 9.59 Å². The van der Waals surface area contributed by atoms with Crippen LogP contribution in [0.2, 0.25) is 0 Å². The highest BCUT2D eigenvalue weighted by molar-refractivity contribution is 7.10. The molecule has 0 unspecified atom stereocenters. The van der Waals surface area contributed by atoms with Crippen molar-refractivity contribution >= 4 is 23.2 Å². The lowest BCUT2D eigenvalue weighted by atomic mass is 10.1. The van der Waals surface area contributed by atoms with Crippen LogP contribution in [0.4, 0.5) is 0 Å². The van der Waals surface area contributed by atoms with Crippen LogP contribution in [-0.2, 0) is 20.7 Å². The third-order valence-electron chi connectivity index (χ3n) is 3.31. The van der Waals surface area contributed by atoms with Gasteiger partial charge < -0.3 is 10.1 Å². The predicted molar refractivity (Wildman–Crippen MR) is 86.7 cm³/mol. The number of thiophene rings is 1. The van der Waals surface area contributed by atoms with E-state index in [1.165, 1.54) is 18.4 Å². The smallest absolute Gasteiger partial charge is 0.307 e. The van der Waals surface area contributed by atoms with Crippen LogP contribution in [0.15, 0.2) is 41.8 Å². The number of carbonyl (C=O) groups is 2. The number of hydrogen-bond donors (Lipinski definition) is 1. The van der Waals surface area contributed by atoms with Crippen molar-refractivity contribution < 1.29 is 14.3 Å². The van der Waals surface area contributed by atoms with Crippen molar-refractivity contribution in [2.24, 2.45) is 0 Å². The largest absolute Gasteiger partial charge is 0.469 e. The van der Waals surface area contributed by atoms with Gasteiger partial charge in [-0.3, -0.25) is 9.59 Å². The number of ether oxygens (including phenoxy) is 1. The molecule has 4 nitrogen and oxygen atoms in total. The predicted octanol–water partition coefficient (Wildman–Crippen LogP) is 3.02.